The van der Waals surface area contributed by atoms with Crippen molar-refractivity contribution >= 4 is 11.6 Å². The molecule has 0 aliphatic carbocycles. The molecule has 17 heavy (non-hydrogen) atoms. The fourth-order valence-corrected chi connectivity index (χ4v) is 1.10. The molecule has 0 bridgehead atoms. The quantitative estimate of drug-likeness (QED) is 0.703. The zero-order valence-electron chi connectivity index (χ0n) is 10.1. The van der Waals surface area contributed by atoms with Gasteiger partial charge in [-0.2, -0.15) is 9.97 Å². The van der Waals surface area contributed by atoms with E-state index >= 15 is 0 Å². The Hall–Kier alpha value is -1.36. The van der Waals surface area contributed by atoms with Crippen LogP contribution in [0.25, 0.3) is 0 Å². The minimum absolute atomic E-state index is 0.0661. The van der Waals surface area contributed by atoms with Crippen LogP contribution < -0.4 is 9.47 Å². The highest BCUT2D eigenvalue weighted by Gasteiger charge is 2.06. The van der Waals surface area contributed by atoms with Gasteiger partial charge in [-0.3, -0.25) is 0 Å². The number of halogens is 1. The maximum absolute atomic E-state index is 5.73. The average Bonchev–Trinajstić information content (AvgIpc) is 2.25. The van der Waals surface area contributed by atoms with E-state index in [4.69, 9.17) is 21.1 Å². The number of hydrogen-bond acceptors (Lipinski definition) is 5. The molecule has 5 nitrogen and oxygen atoms in total. The van der Waals surface area contributed by atoms with Gasteiger partial charge in [-0.05, 0) is 24.9 Å². The van der Waals surface area contributed by atoms with Crippen molar-refractivity contribution in [2.45, 2.75) is 26.7 Å². The second-order valence-electron chi connectivity index (χ2n) is 3.57. The highest BCUT2D eigenvalue weighted by Crippen LogP contribution is 2.13. The number of nitrogens with zero attached hydrogens (tertiary/aromatic N) is 3. The lowest BCUT2D eigenvalue weighted by Crippen LogP contribution is -2.06. The molecule has 0 saturated carbocycles. The molecule has 0 unspecified atom stereocenters. The normalized spacial score (nSPS) is 10.1. The van der Waals surface area contributed by atoms with E-state index in [0.29, 0.717) is 13.2 Å². The summed E-state index contributed by atoms with van der Waals surface area (Å²) in [5.74, 6) is 0. The standard InChI is InChI=1S/C11H16ClN3O2/c1-4-6-16-10-13-9(12)14-11(15-10)17-7-5-8(2)3/h2,4-7H2,1,3H3. The number of ether oxygens (including phenoxy) is 2. The van der Waals surface area contributed by atoms with Crippen LogP contribution in [0.3, 0.4) is 0 Å². The van der Waals surface area contributed by atoms with Crippen molar-refractivity contribution < 1.29 is 9.47 Å². The Morgan fingerprint density at radius 3 is 2.29 bits per heavy atom. The molecule has 1 aromatic rings. The molecule has 0 radical (unpaired) electrons. The maximum atomic E-state index is 5.73. The van der Waals surface area contributed by atoms with Crippen molar-refractivity contribution in [1.82, 2.24) is 15.0 Å². The number of rotatable bonds is 7. The zero-order valence-corrected chi connectivity index (χ0v) is 10.8. The molecular formula is C11H16ClN3O2. The van der Waals surface area contributed by atoms with Crippen LogP contribution >= 0.6 is 11.6 Å². The number of aromatic nitrogens is 3. The van der Waals surface area contributed by atoms with Crippen molar-refractivity contribution in [3.63, 3.8) is 0 Å². The molecule has 1 rings (SSSR count). The van der Waals surface area contributed by atoms with E-state index in [-0.39, 0.29) is 17.3 Å². The molecule has 0 aromatic carbocycles. The summed E-state index contributed by atoms with van der Waals surface area (Å²) in [5.41, 5.74) is 1.03. The predicted molar refractivity (Wildman–Crippen MR) is 65.5 cm³/mol. The molecule has 0 N–H and O–H groups in total. The molecule has 0 amide bonds. The summed E-state index contributed by atoms with van der Waals surface area (Å²) < 4.78 is 10.6. The van der Waals surface area contributed by atoms with Gasteiger partial charge in [0.15, 0.2) is 0 Å². The molecule has 0 spiro atoms. The van der Waals surface area contributed by atoms with Gasteiger partial charge in [0.05, 0.1) is 13.2 Å². The lowest BCUT2D eigenvalue weighted by atomic mass is 10.3. The Labute approximate surface area is 106 Å². The van der Waals surface area contributed by atoms with Gasteiger partial charge in [-0.25, -0.2) is 0 Å². The van der Waals surface area contributed by atoms with E-state index in [1.807, 2.05) is 13.8 Å². The van der Waals surface area contributed by atoms with Gasteiger partial charge in [0.2, 0.25) is 5.28 Å². The molecule has 0 aliphatic rings. The van der Waals surface area contributed by atoms with Crippen LogP contribution in [-0.2, 0) is 0 Å². The van der Waals surface area contributed by atoms with E-state index in [9.17, 15) is 0 Å². The van der Waals surface area contributed by atoms with Crippen LogP contribution in [0.5, 0.6) is 12.0 Å². The third kappa shape index (κ3) is 5.49. The molecule has 1 heterocycles. The lowest BCUT2D eigenvalue weighted by molar-refractivity contribution is 0.263. The summed E-state index contributed by atoms with van der Waals surface area (Å²) in [4.78, 5) is 11.7. The van der Waals surface area contributed by atoms with Gasteiger partial charge >= 0.3 is 12.0 Å². The second-order valence-corrected chi connectivity index (χ2v) is 3.91. The van der Waals surface area contributed by atoms with Crippen LogP contribution in [-0.4, -0.2) is 28.2 Å². The molecule has 1 aromatic heterocycles. The van der Waals surface area contributed by atoms with Gasteiger partial charge in [-0.15, -0.1) is 11.6 Å². The van der Waals surface area contributed by atoms with E-state index in [0.717, 1.165) is 18.4 Å². The fraction of sp³-hybridized carbons (Fsp3) is 0.545. The molecule has 94 valence electrons. The molecule has 6 heteroatoms. The van der Waals surface area contributed by atoms with Gasteiger partial charge in [-0.1, -0.05) is 12.5 Å². The minimum Gasteiger partial charge on any atom is -0.463 e. The summed E-state index contributed by atoms with van der Waals surface area (Å²) in [7, 11) is 0. The Morgan fingerprint density at radius 2 is 1.76 bits per heavy atom. The van der Waals surface area contributed by atoms with Crippen LogP contribution in [0.1, 0.15) is 26.7 Å². The Morgan fingerprint density at radius 1 is 1.18 bits per heavy atom. The summed E-state index contributed by atoms with van der Waals surface area (Å²) in [6, 6.07) is 0.370. The van der Waals surface area contributed by atoms with Crippen LogP contribution in [0.4, 0.5) is 0 Å². The van der Waals surface area contributed by atoms with Gasteiger partial charge in [0.25, 0.3) is 0 Å². The van der Waals surface area contributed by atoms with E-state index < -0.39 is 0 Å². The average molecular weight is 258 g/mol. The first-order chi connectivity index (χ1) is 8.11. The van der Waals surface area contributed by atoms with E-state index in [1.54, 1.807) is 0 Å². The summed E-state index contributed by atoms with van der Waals surface area (Å²) >= 11 is 5.73. The Kier molecular flexibility index (Phi) is 5.69. The first-order valence-electron chi connectivity index (χ1n) is 5.43. The van der Waals surface area contributed by atoms with E-state index in [2.05, 4.69) is 21.5 Å². The van der Waals surface area contributed by atoms with Crippen molar-refractivity contribution in [1.29, 1.82) is 0 Å². The third-order valence-corrected chi connectivity index (χ3v) is 1.93. The van der Waals surface area contributed by atoms with Gasteiger partial charge in [0.1, 0.15) is 0 Å². The molecule has 0 fully saturated rings. The van der Waals surface area contributed by atoms with Gasteiger partial charge in [0, 0.05) is 6.42 Å². The third-order valence-electron chi connectivity index (χ3n) is 1.76. The van der Waals surface area contributed by atoms with Crippen LogP contribution in [0.15, 0.2) is 12.2 Å². The van der Waals surface area contributed by atoms with E-state index in [1.165, 1.54) is 0 Å². The van der Waals surface area contributed by atoms with Crippen molar-refractivity contribution in [2.24, 2.45) is 0 Å². The predicted octanol–water partition coefficient (Wildman–Crippen LogP) is 2.66. The molecular weight excluding hydrogens is 242 g/mol. The minimum atomic E-state index is 0.0661. The monoisotopic (exact) mass is 257 g/mol. The topological polar surface area (TPSA) is 57.1 Å². The van der Waals surface area contributed by atoms with Gasteiger partial charge < -0.3 is 9.47 Å². The SMILES string of the molecule is C=C(C)CCOc1nc(Cl)nc(OCCC)n1. The summed E-state index contributed by atoms with van der Waals surface area (Å²) in [6.45, 7) is 8.70. The van der Waals surface area contributed by atoms with Crippen LogP contribution in [0, 0.1) is 0 Å². The summed E-state index contributed by atoms with van der Waals surface area (Å²) in [6.07, 6.45) is 1.61. The maximum Gasteiger partial charge on any atom is 0.323 e. The zero-order chi connectivity index (χ0) is 12.7. The second kappa shape index (κ2) is 7.06. The smallest absolute Gasteiger partial charge is 0.323 e. The highest BCUT2D eigenvalue weighted by molar-refractivity contribution is 6.28. The van der Waals surface area contributed by atoms with Crippen molar-refractivity contribution in [3.05, 3.63) is 17.4 Å². The van der Waals surface area contributed by atoms with Crippen molar-refractivity contribution in [2.75, 3.05) is 13.2 Å². The van der Waals surface area contributed by atoms with Crippen molar-refractivity contribution in [3.8, 4) is 12.0 Å². The fourth-order valence-electron chi connectivity index (χ4n) is 0.954. The largest absolute Gasteiger partial charge is 0.463 e. The first-order valence-corrected chi connectivity index (χ1v) is 5.81. The first kappa shape index (κ1) is 13.7. The lowest BCUT2D eigenvalue weighted by Gasteiger charge is -2.06. The molecule has 0 aliphatic heterocycles. The molecule has 0 saturated heterocycles. The Bertz CT molecular complexity index is 385. The van der Waals surface area contributed by atoms with Crippen LogP contribution in [0.2, 0.25) is 5.28 Å². The highest BCUT2D eigenvalue weighted by atomic mass is 35.5. The molecule has 0 atom stereocenters. The number of hydrogen-bond donors (Lipinski definition) is 0. The summed E-state index contributed by atoms with van der Waals surface area (Å²) in [5, 5.41) is 0.0661. The Balaban J connectivity index is 2.58.